The molecule has 0 bridgehead atoms. The van der Waals surface area contributed by atoms with E-state index in [0.29, 0.717) is 0 Å². The summed E-state index contributed by atoms with van der Waals surface area (Å²) in [4.78, 5) is 23.3. The highest BCUT2D eigenvalue weighted by atomic mass is 16.6. The lowest BCUT2D eigenvalue weighted by Gasteiger charge is -2.14. The minimum absolute atomic E-state index is 0.0740. The Labute approximate surface area is 152 Å². The third kappa shape index (κ3) is 3.93. The minimum atomic E-state index is -0.612. The van der Waals surface area contributed by atoms with Crippen molar-refractivity contribution >= 4 is 11.6 Å². The molecule has 0 saturated carbocycles. The van der Waals surface area contributed by atoms with Crippen LogP contribution in [0.25, 0.3) is 0 Å². The van der Waals surface area contributed by atoms with E-state index in [4.69, 9.17) is 9.47 Å². The zero-order valence-electron chi connectivity index (χ0n) is 15.5. The number of carbonyl (C=O) groups excluding carboxylic acids is 1. The lowest BCUT2D eigenvalue weighted by atomic mass is 9.99. The van der Waals surface area contributed by atoms with Gasteiger partial charge in [-0.1, -0.05) is 17.7 Å². The van der Waals surface area contributed by atoms with Gasteiger partial charge in [0, 0.05) is 12.6 Å². The Morgan fingerprint density at radius 2 is 1.58 bits per heavy atom. The van der Waals surface area contributed by atoms with Gasteiger partial charge in [0.2, 0.25) is 0 Å². The molecule has 2 aromatic rings. The number of nitro groups is 1. The van der Waals surface area contributed by atoms with Gasteiger partial charge < -0.3 is 14.8 Å². The van der Waals surface area contributed by atoms with Crippen LogP contribution >= 0.6 is 0 Å². The van der Waals surface area contributed by atoms with E-state index in [-0.39, 0.29) is 29.3 Å². The molecule has 0 spiro atoms. The number of rotatable bonds is 6. The molecule has 0 atom stereocenters. The van der Waals surface area contributed by atoms with Crippen molar-refractivity contribution in [2.24, 2.45) is 0 Å². The van der Waals surface area contributed by atoms with Gasteiger partial charge in [-0.2, -0.15) is 0 Å². The molecule has 0 radical (unpaired) electrons. The van der Waals surface area contributed by atoms with Crippen molar-refractivity contribution in [3.63, 3.8) is 0 Å². The highest BCUT2D eigenvalue weighted by Crippen LogP contribution is 2.34. The highest BCUT2D eigenvalue weighted by Gasteiger charge is 2.24. The number of ether oxygens (including phenoxy) is 2. The summed E-state index contributed by atoms with van der Waals surface area (Å²) in [5, 5.41) is 14.1. The summed E-state index contributed by atoms with van der Waals surface area (Å²) in [5.74, 6) is -0.0936. The molecule has 7 heteroatoms. The van der Waals surface area contributed by atoms with Crippen molar-refractivity contribution in [1.82, 2.24) is 5.32 Å². The van der Waals surface area contributed by atoms with E-state index in [0.717, 1.165) is 22.3 Å². The number of nitrogens with zero attached hydrogens (tertiary/aromatic N) is 1. The summed E-state index contributed by atoms with van der Waals surface area (Å²) in [6.07, 6.45) is 0. The molecule has 0 aliphatic carbocycles. The highest BCUT2D eigenvalue weighted by molar-refractivity contribution is 5.99. The van der Waals surface area contributed by atoms with Crippen LogP contribution in [0, 0.1) is 30.9 Å². The third-order valence-corrected chi connectivity index (χ3v) is 4.21. The average molecular weight is 358 g/mol. The molecular formula is C19H22N2O5. The van der Waals surface area contributed by atoms with Crippen LogP contribution in [-0.4, -0.2) is 25.1 Å². The minimum Gasteiger partial charge on any atom is -0.493 e. The number of hydrogen-bond donors (Lipinski definition) is 1. The quantitative estimate of drug-likeness (QED) is 0.631. The van der Waals surface area contributed by atoms with Crippen LogP contribution in [0.15, 0.2) is 24.3 Å². The molecule has 26 heavy (non-hydrogen) atoms. The van der Waals surface area contributed by atoms with E-state index >= 15 is 0 Å². The van der Waals surface area contributed by atoms with Crippen molar-refractivity contribution in [1.29, 1.82) is 0 Å². The van der Waals surface area contributed by atoms with E-state index in [2.05, 4.69) is 5.32 Å². The smallest absolute Gasteiger partial charge is 0.286 e. The first-order chi connectivity index (χ1) is 12.3. The van der Waals surface area contributed by atoms with Gasteiger partial charge in [0.1, 0.15) is 5.56 Å². The summed E-state index contributed by atoms with van der Waals surface area (Å²) in [5.41, 5.74) is 3.85. The lowest BCUT2D eigenvalue weighted by Crippen LogP contribution is -2.24. The van der Waals surface area contributed by atoms with Gasteiger partial charge >= 0.3 is 0 Å². The number of aryl methyl sites for hydroxylation is 3. The maximum atomic E-state index is 12.6. The predicted octanol–water partition coefficient (Wildman–Crippen LogP) is 3.47. The molecule has 138 valence electrons. The fourth-order valence-electron chi connectivity index (χ4n) is 2.95. The Morgan fingerprint density at radius 3 is 2.08 bits per heavy atom. The average Bonchev–Trinajstić information content (AvgIpc) is 2.59. The second-order valence-corrected chi connectivity index (χ2v) is 6.04. The topological polar surface area (TPSA) is 90.7 Å². The summed E-state index contributed by atoms with van der Waals surface area (Å²) in [7, 11) is 2.79. The van der Waals surface area contributed by atoms with Crippen molar-refractivity contribution in [2.45, 2.75) is 27.3 Å². The van der Waals surface area contributed by atoms with E-state index in [9.17, 15) is 14.9 Å². The van der Waals surface area contributed by atoms with E-state index < -0.39 is 10.8 Å². The number of amides is 1. The second-order valence-electron chi connectivity index (χ2n) is 6.04. The summed E-state index contributed by atoms with van der Waals surface area (Å²) in [6, 6.07) is 6.58. The Hall–Kier alpha value is -3.09. The van der Waals surface area contributed by atoms with Crippen LogP contribution in [0.2, 0.25) is 0 Å². The molecule has 0 aromatic heterocycles. The molecule has 2 rings (SSSR count). The number of nitrogens with one attached hydrogen (secondary N) is 1. The fourth-order valence-corrected chi connectivity index (χ4v) is 2.95. The molecule has 1 N–H and O–H groups in total. The molecule has 0 saturated heterocycles. The van der Waals surface area contributed by atoms with E-state index in [1.54, 1.807) is 0 Å². The maximum absolute atomic E-state index is 12.6. The van der Waals surface area contributed by atoms with Gasteiger partial charge in [-0.3, -0.25) is 14.9 Å². The van der Waals surface area contributed by atoms with Crippen LogP contribution < -0.4 is 14.8 Å². The van der Waals surface area contributed by atoms with Crippen molar-refractivity contribution in [2.75, 3.05) is 14.2 Å². The molecule has 0 aliphatic heterocycles. The van der Waals surface area contributed by atoms with Gasteiger partial charge in [-0.15, -0.1) is 0 Å². The normalized spacial score (nSPS) is 10.3. The molecule has 2 aromatic carbocycles. The SMILES string of the molecule is COc1cc(C(=O)NCc2c(C)cc(C)cc2C)c([N+](=O)[O-])cc1OC. The van der Waals surface area contributed by atoms with Crippen molar-refractivity contribution in [3.8, 4) is 11.5 Å². The third-order valence-electron chi connectivity index (χ3n) is 4.21. The number of hydrogen-bond acceptors (Lipinski definition) is 5. The zero-order valence-corrected chi connectivity index (χ0v) is 15.5. The van der Waals surface area contributed by atoms with Crippen LogP contribution in [0.3, 0.4) is 0 Å². The number of methoxy groups -OCH3 is 2. The van der Waals surface area contributed by atoms with Gasteiger partial charge in [-0.05, 0) is 37.5 Å². The van der Waals surface area contributed by atoms with Gasteiger partial charge in [0.05, 0.1) is 25.2 Å². The largest absolute Gasteiger partial charge is 0.493 e. The summed E-state index contributed by atoms with van der Waals surface area (Å²) < 4.78 is 10.2. The monoisotopic (exact) mass is 358 g/mol. The number of benzene rings is 2. The first-order valence-electron chi connectivity index (χ1n) is 8.03. The Morgan fingerprint density at radius 1 is 1.04 bits per heavy atom. The van der Waals surface area contributed by atoms with Crippen molar-refractivity contribution in [3.05, 3.63) is 62.2 Å². The number of carbonyl (C=O) groups is 1. The lowest BCUT2D eigenvalue weighted by molar-refractivity contribution is -0.385. The van der Waals surface area contributed by atoms with Crippen LogP contribution in [0.1, 0.15) is 32.6 Å². The molecule has 0 unspecified atom stereocenters. The fraction of sp³-hybridized carbons (Fsp3) is 0.316. The Balaban J connectivity index is 2.33. The standard InChI is InChI=1S/C19H22N2O5/c1-11-6-12(2)15(13(3)7-11)10-20-19(22)14-8-17(25-4)18(26-5)9-16(14)21(23)24/h6-9H,10H2,1-5H3,(H,20,22). The maximum Gasteiger partial charge on any atom is 0.286 e. The predicted molar refractivity (Wildman–Crippen MR) is 98.0 cm³/mol. The summed E-state index contributed by atoms with van der Waals surface area (Å²) in [6.45, 7) is 6.23. The van der Waals surface area contributed by atoms with Gasteiger partial charge in [0.15, 0.2) is 11.5 Å². The van der Waals surface area contributed by atoms with Crippen LogP contribution in [-0.2, 0) is 6.54 Å². The van der Waals surface area contributed by atoms with E-state index in [1.165, 1.54) is 26.4 Å². The van der Waals surface area contributed by atoms with E-state index in [1.807, 2.05) is 32.9 Å². The molecule has 1 amide bonds. The van der Waals surface area contributed by atoms with Gasteiger partial charge in [-0.25, -0.2) is 0 Å². The number of nitro benzene ring substituents is 1. The Kier molecular flexibility index (Phi) is 5.82. The van der Waals surface area contributed by atoms with Crippen molar-refractivity contribution < 1.29 is 19.2 Å². The molecule has 7 nitrogen and oxygen atoms in total. The zero-order chi connectivity index (χ0) is 19.4. The Bertz CT molecular complexity index is 838. The molecule has 0 aliphatic rings. The second kappa shape index (κ2) is 7.86. The first kappa shape index (κ1) is 19.2. The van der Waals surface area contributed by atoms with Crippen LogP contribution in [0.5, 0.6) is 11.5 Å². The van der Waals surface area contributed by atoms with Crippen LogP contribution in [0.4, 0.5) is 5.69 Å². The summed E-state index contributed by atoms with van der Waals surface area (Å²) >= 11 is 0. The molecule has 0 fully saturated rings. The van der Waals surface area contributed by atoms with Gasteiger partial charge in [0.25, 0.3) is 11.6 Å². The molecular weight excluding hydrogens is 336 g/mol. The molecule has 0 heterocycles. The first-order valence-corrected chi connectivity index (χ1v) is 8.03.